The van der Waals surface area contributed by atoms with Crippen LogP contribution in [0.25, 0.3) is 10.4 Å². The van der Waals surface area contributed by atoms with Gasteiger partial charge in [0.1, 0.15) is 11.7 Å². The number of carbonyl (C=O) groups excluding carboxylic acids is 2. The topological polar surface area (TPSA) is 76.3 Å². The van der Waals surface area contributed by atoms with Crippen molar-refractivity contribution in [2.24, 2.45) is 17.6 Å². The monoisotopic (exact) mass is 361 g/mol. The Kier molecular flexibility index (Phi) is 3.62. The zero-order valence-electron chi connectivity index (χ0n) is 13.0. The number of carbonyl (C=O) groups is 2. The standard InChI is InChI=1S/C17H16ClN3O2S/c1-8-20-13(15(24-8)9-3-2-4-11(18)5-9)17(23)21-7-10-6-12(10)14(21)16(19)22/h2-5,10,12,14H,6-7H2,1H3,(H2,19,22)/t10?,12-,14?/m0/s1. The Morgan fingerprint density at radius 3 is 2.92 bits per heavy atom. The van der Waals surface area contributed by atoms with Gasteiger partial charge in [0, 0.05) is 11.6 Å². The molecule has 2 heterocycles. The molecule has 0 spiro atoms. The van der Waals surface area contributed by atoms with Crippen molar-refractivity contribution in [1.29, 1.82) is 0 Å². The summed E-state index contributed by atoms with van der Waals surface area (Å²) < 4.78 is 0. The lowest BCUT2D eigenvalue weighted by atomic mass is 10.1. The van der Waals surface area contributed by atoms with Crippen LogP contribution in [0.2, 0.25) is 5.02 Å². The number of primary amides is 1. The van der Waals surface area contributed by atoms with E-state index in [1.807, 2.05) is 25.1 Å². The molecular weight excluding hydrogens is 346 g/mol. The van der Waals surface area contributed by atoms with Crippen LogP contribution in [0.1, 0.15) is 21.9 Å². The summed E-state index contributed by atoms with van der Waals surface area (Å²) in [5.74, 6) is -0.0171. The van der Waals surface area contributed by atoms with E-state index in [4.69, 9.17) is 17.3 Å². The highest BCUT2D eigenvalue weighted by atomic mass is 35.5. The molecule has 2 amide bonds. The first-order valence-corrected chi connectivity index (χ1v) is 8.99. The number of rotatable bonds is 3. The Bertz CT molecular complexity index is 850. The zero-order chi connectivity index (χ0) is 17.0. The van der Waals surface area contributed by atoms with Gasteiger partial charge in [0.2, 0.25) is 5.91 Å². The van der Waals surface area contributed by atoms with Crippen molar-refractivity contribution in [3.8, 4) is 10.4 Å². The third-order valence-corrected chi connectivity index (χ3v) is 5.98. The van der Waals surface area contributed by atoms with Crippen LogP contribution in [0.4, 0.5) is 0 Å². The third kappa shape index (κ3) is 2.50. The highest BCUT2D eigenvalue weighted by Gasteiger charge is 2.56. The number of halogens is 1. The summed E-state index contributed by atoms with van der Waals surface area (Å²) in [6.07, 6.45) is 0.981. The molecule has 2 fully saturated rings. The Balaban J connectivity index is 1.72. The Morgan fingerprint density at radius 2 is 2.21 bits per heavy atom. The molecule has 1 aliphatic carbocycles. The van der Waals surface area contributed by atoms with E-state index in [9.17, 15) is 9.59 Å². The van der Waals surface area contributed by atoms with E-state index in [-0.39, 0.29) is 11.8 Å². The smallest absolute Gasteiger partial charge is 0.274 e. The third-order valence-electron chi connectivity index (χ3n) is 4.73. The molecular formula is C17H16ClN3O2S. The van der Waals surface area contributed by atoms with Crippen molar-refractivity contribution in [2.75, 3.05) is 6.54 Å². The Labute approximate surface area is 148 Å². The molecule has 0 radical (unpaired) electrons. The normalized spacial score (nSPS) is 24.8. The summed E-state index contributed by atoms with van der Waals surface area (Å²) in [6.45, 7) is 2.45. The van der Waals surface area contributed by atoms with Gasteiger partial charge < -0.3 is 10.6 Å². The number of thiazole rings is 1. The first-order chi connectivity index (χ1) is 11.5. The van der Waals surface area contributed by atoms with Crippen LogP contribution in [0.15, 0.2) is 24.3 Å². The van der Waals surface area contributed by atoms with Crippen molar-refractivity contribution in [3.05, 3.63) is 40.0 Å². The van der Waals surface area contributed by atoms with Crippen LogP contribution in [0.5, 0.6) is 0 Å². The van der Waals surface area contributed by atoms with Gasteiger partial charge in [-0.15, -0.1) is 11.3 Å². The van der Waals surface area contributed by atoms with Gasteiger partial charge in [0.25, 0.3) is 5.91 Å². The minimum absolute atomic E-state index is 0.217. The maximum Gasteiger partial charge on any atom is 0.274 e. The molecule has 1 saturated heterocycles. The summed E-state index contributed by atoms with van der Waals surface area (Å²) >= 11 is 7.53. The molecule has 1 saturated carbocycles. The van der Waals surface area contributed by atoms with Gasteiger partial charge in [-0.3, -0.25) is 9.59 Å². The molecule has 0 bridgehead atoms. The molecule has 2 unspecified atom stereocenters. The van der Waals surface area contributed by atoms with Gasteiger partial charge in [-0.25, -0.2) is 4.98 Å². The number of benzene rings is 1. The zero-order valence-corrected chi connectivity index (χ0v) is 14.6. The molecule has 1 aromatic carbocycles. The summed E-state index contributed by atoms with van der Waals surface area (Å²) in [7, 11) is 0. The minimum atomic E-state index is -0.503. The molecule has 1 aromatic heterocycles. The predicted molar refractivity (Wildman–Crippen MR) is 92.9 cm³/mol. The number of aryl methyl sites for hydroxylation is 1. The van der Waals surface area contributed by atoms with Crippen LogP contribution in [-0.2, 0) is 4.79 Å². The minimum Gasteiger partial charge on any atom is -0.368 e. The van der Waals surface area contributed by atoms with E-state index >= 15 is 0 Å². The maximum atomic E-state index is 13.0. The number of nitrogens with zero attached hydrogens (tertiary/aromatic N) is 2. The second kappa shape index (κ2) is 5.57. The molecule has 1 aliphatic heterocycles. The highest BCUT2D eigenvalue weighted by molar-refractivity contribution is 7.15. The van der Waals surface area contributed by atoms with Gasteiger partial charge in [-0.2, -0.15) is 0 Å². The highest BCUT2D eigenvalue weighted by Crippen LogP contribution is 2.50. The summed E-state index contributed by atoms with van der Waals surface area (Å²) in [5, 5.41) is 1.41. The van der Waals surface area contributed by atoms with Crippen molar-refractivity contribution in [3.63, 3.8) is 0 Å². The number of hydrogen-bond acceptors (Lipinski definition) is 4. The fourth-order valence-electron chi connectivity index (χ4n) is 3.57. The number of hydrogen-bond donors (Lipinski definition) is 1. The number of likely N-dealkylation sites (tertiary alicyclic amines) is 1. The lowest BCUT2D eigenvalue weighted by Crippen LogP contribution is -2.46. The number of amides is 2. The number of fused-ring (bicyclic) bond motifs is 1. The molecule has 124 valence electrons. The molecule has 5 nitrogen and oxygen atoms in total. The van der Waals surface area contributed by atoms with Crippen molar-refractivity contribution < 1.29 is 9.59 Å². The largest absolute Gasteiger partial charge is 0.368 e. The number of piperidine rings is 1. The van der Waals surface area contributed by atoms with Crippen LogP contribution in [-0.4, -0.2) is 34.3 Å². The van der Waals surface area contributed by atoms with E-state index in [2.05, 4.69) is 4.98 Å². The lowest BCUT2D eigenvalue weighted by Gasteiger charge is -2.24. The molecule has 2 N–H and O–H groups in total. The van der Waals surface area contributed by atoms with Crippen LogP contribution in [0.3, 0.4) is 0 Å². The van der Waals surface area contributed by atoms with Gasteiger partial charge in [-0.05, 0) is 42.9 Å². The average molecular weight is 362 g/mol. The number of nitrogens with two attached hydrogens (primary N) is 1. The van der Waals surface area contributed by atoms with E-state index in [0.717, 1.165) is 21.9 Å². The van der Waals surface area contributed by atoms with Gasteiger partial charge in [0.15, 0.2) is 0 Å². The summed E-state index contributed by atoms with van der Waals surface area (Å²) in [4.78, 5) is 31.6. The van der Waals surface area contributed by atoms with Crippen molar-refractivity contribution >= 4 is 34.8 Å². The molecule has 3 atom stereocenters. The van der Waals surface area contributed by atoms with Crippen molar-refractivity contribution in [1.82, 2.24) is 9.88 Å². The first-order valence-electron chi connectivity index (χ1n) is 7.79. The van der Waals surface area contributed by atoms with E-state index < -0.39 is 11.9 Å². The summed E-state index contributed by atoms with van der Waals surface area (Å²) in [5.41, 5.74) is 6.77. The summed E-state index contributed by atoms with van der Waals surface area (Å²) in [6, 6.07) is 6.85. The number of aromatic nitrogens is 1. The van der Waals surface area contributed by atoms with E-state index in [1.165, 1.54) is 11.3 Å². The fraction of sp³-hybridized carbons (Fsp3) is 0.353. The fourth-order valence-corrected chi connectivity index (χ4v) is 4.67. The maximum absolute atomic E-state index is 13.0. The van der Waals surface area contributed by atoms with E-state index in [0.29, 0.717) is 23.2 Å². The second-order valence-corrected chi connectivity index (χ2v) is 8.02. The molecule has 4 rings (SSSR count). The quantitative estimate of drug-likeness (QED) is 0.913. The predicted octanol–water partition coefficient (Wildman–Crippen LogP) is 2.72. The molecule has 7 heteroatoms. The Morgan fingerprint density at radius 1 is 1.42 bits per heavy atom. The van der Waals surface area contributed by atoms with Gasteiger partial charge >= 0.3 is 0 Å². The Hall–Kier alpha value is -1.92. The van der Waals surface area contributed by atoms with Gasteiger partial charge in [-0.1, -0.05) is 23.7 Å². The van der Waals surface area contributed by atoms with Crippen LogP contribution < -0.4 is 5.73 Å². The first kappa shape index (κ1) is 15.6. The van der Waals surface area contributed by atoms with Gasteiger partial charge in [0.05, 0.1) is 9.88 Å². The average Bonchev–Trinajstić information content (AvgIpc) is 3.01. The second-order valence-electron chi connectivity index (χ2n) is 6.39. The molecule has 2 aliphatic rings. The van der Waals surface area contributed by atoms with Crippen LogP contribution >= 0.6 is 22.9 Å². The van der Waals surface area contributed by atoms with E-state index in [1.54, 1.807) is 11.0 Å². The lowest BCUT2D eigenvalue weighted by molar-refractivity contribution is -0.122. The van der Waals surface area contributed by atoms with Crippen LogP contribution in [0, 0.1) is 18.8 Å². The SMILES string of the molecule is Cc1nc(C(=O)N2CC3C[C@@H]3C2C(N)=O)c(-c2cccc(Cl)c2)s1. The molecule has 2 aromatic rings. The molecule has 24 heavy (non-hydrogen) atoms. The van der Waals surface area contributed by atoms with Crippen molar-refractivity contribution in [2.45, 2.75) is 19.4 Å².